The van der Waals surface area contributed by atoms with Gasteiger partial charge in [-0.15, -0.1) is 0 Å². The molecule has 0 saturated heterocycles. The Balaban J connectivity index is 2.36. The molecule has 0 unspecified atom stereocenters. The third kappa shape index (κ3) is 4.04. The molecule has 1 aliphatic rings. The fraction of sp³-hybridized carbons (Fsp3) is 1.00. The predicted octanol–water partition coefficient (Wildman–Crippen LogP) is 1.47. The summed E-state index contributed by atoms with van der Waals surface area (Å²) in [5.74, 6) is 0.725. The number of nitrogens with one attached hydrogen (secondary N) is 1. The predicted molar refractivity (Wildman–Crippen MR) is 68.6 cm³/mol. The highest BCUT2D eigenvalue weighted by Gasteiger charge is 2.33. The van der Waals surface area contributed by atoms with Gasteiger partial charge in [-0.25, -0.2) is 0 Å². The van der Waals surface area contributed by atoms with E-state index in [1.807, 2.05) is 7.05 Å². The minimum absolute atomic E-state index is 0.454. The summed E-state index contributed by atoms with van der Waals surface area (Å²) in [5, 5.41) is 13.4. The molecule has 1 aliphatic carbocycles. The summed E-state index contributed by atoms with van der Waals surface area (Å²) in [6.45, 7) is 6.41. The molecule has 1 rings (SSSR count). The molecule has 0 aromatic carbocycles. The Morgan fingerprint density at radius 2 is 1.94 bits per heavy atom. The molecule has 0 bridgehead atoms. The molecular weight excluding hydrogens is 200 g/mol. The van der Waals surface area contributed by atoms with Gasteiger partial charge in [-0.3, -0.25) is 0 Å². The van der Waals surface area contributed by atoms with Gasteiger partial charge in [0.2, 0.25) is 0 Å². The minimum atomic E-state index is -0.454. The number of hydrogen-bond donors (Lipinski definition) is 2. The fourth-order valence-corrected chi connectivity index (χ4v) is 2.81. The van der Waals surface area contributed by atoms with E-state index in [0.717, 1.165) is 44.7 Å². The van der Waals surface area contributed by atoms with E-state index in [1.54, 1.807) is 0 Å². The summed E-state index contributed by atoms with van der Waals surface area (Å²) >= 11 is 0. The van der Waals surface area contributed by atoms with Crippen LogP contribution >= 0.6 is 0 Å². The van der Waals surface area contributed by atoms with Crippen molar-refractivity contribution in [2.45, 2.75) is 51.2 Å². The van der Waals surface area contributed by atoms with Crippen LogP contribution in [0.2, 0.25) is 0 Å². The third-order valence-electron chi connectivity index (χ3n) is 3.67. The summed E-state index contributed by atoms with van der Waals surface area (Å²) in [7, 11) is 4.13. The Morgan fingerprint density at radius 1 is 1.38 bits per heavy atom. The Kier molecular flexibility index (Phi) is 5.22. The Labute approximate surface area is 100 Å². The standard InChI is InChI=1S/C13H28N2O/c1-11(2)9-15(4)12-5-7-13(16,8-6-12)10-14-3/h11-12,14,16H,5-10H2,1-4H3. The van der Waals surface area contributed by atoms with Gasteiger partial charge < -0.3 is 15.3 Å². The smallest absolute Gasteiger partial charge is 0.0772 e. The van der Waals surface area contributed by atoms with E-state index in [2.05, 4.69) is 31.1 Å². The van der Waals surface area contributed by atoms with Crippen molar-refractivity contribution in [3.63, 3.8) is 0 Å². The van der Waals surface area contributed by atoms with Crippen molar-refractivity contribution in [2.24, 2.45) is 5.92 Å². The normalized spacial score (nSPS) is 31.3. The van der Waals surface area contributed by atoms with E-state index in [4.69, 9.17) is 0 Å². The number of nitrogens with zero attached hydrogens (tertiary/aromatic N) is 1. The maximum atomic E-state index is 10.3. The van der Waals surface area contributed by atoms with E-state index in [9.17, 15) is 5.11 Å². The van der Waals surface area contributed by atoms with Crippen molar-refractivity contribution in [1.82, 2.24) is 10.2 Å². The SMILES string of the molecule is CNCC1(O)CCC(N(C)CC(C)C)CC1. The summed E-state index contributed by atoms with van der Waals surface area (Å²) in [6.07, 6.45) is 4.12. The van der Waals surface area contributed by atoms with Crippen molar-refractivity contribution in [1.29, 1.82) is 0 Å². The fourth-order valence-electron chi connectivity index (χ4n) is 2.81. The van der Waals surface area contributed by atoms with Gasteiger partial charge in [0, 0.05) is 19.1 Å². The zero-order chi connectivity index (χ0) is 12.2. The van der Waals surface area contributed by atoms with Crippen LogP contribution in [0.1, 0.15) is 39.5 Å². The van der Waals surface area contributed by atoms with Crippen molar-refractivity contribution >= 4 is 0 Å². The molecule has 2 N–H and O–H groups in total. The molecule has 0 spiro atoms. The summed E-state index contributed by atoms with van der Waals surface area (Å²) in [5.41, 5.74) is -0.454. The molecule has 1 fully saturated rings. The molecular formula is C13H28N2O. The molecule has 0 aromatic rings. The Hall–Kier alpha value is -0.120. The average molecular weight is 228 g/mol. The summed E-state index contributed by atoms with van der Waals surface area (Å²) in [4.78, 5) is 2.46. The van der Waals surface area contributed by atoms with Crippen LogP contribution in [0, 0.1) is 5.92 Å². The topological polar surface area (TPSA) is 35.5 Å². The first kappa shape index (κ1) is 13.9. The lowest BCUT2D eigenvalue weighted by Gasteiger charge is -2.40. The second kappa shape index (κ2) is 5.99. The maximum absolute atomic E-state index is 10.3. The first-order valence-electron chi connectivity index (χ1n) is 6.54. The summed E-state index contributed by atoms with van der Waals surface area (Å²) < 4.78 is 0. The molecule has 96 valence electrons. The molecule has 16 heavy (non-hydrogen) atoms. The van der Waals surface area contributed by atoms with Crippen LogP contribution in [-0.4, -0.2) is 48.8 Å². The van der Waals surface area contributed by atoms with E-state index >= 15 is 0 Å². The molecule has 0 atom stereocenters. The lowest BCUT2D eigenvalue weighted by Crippen LogP contribution is -2.47. The third-order valence-corrected chi connectivity index (χ3v) is 3.67. The number of aliphatic hydroxyl groups is 1. The quantitative estimate of drug-likeness (QED) is 0.748. The second-order valence-corrected chi connectivity index (χ2v) is 5.82. The molecule has 3 heteroatoms. The van der Waals surface area contributed by atoms with Crippen molar-refractivity contribution in [3.05, 3.63) is 0 Å². The second-order valence-electron chi connectivity index (χ2n) is 5.82. The maximum Gasteiger partial charge on any atom is 0.0772 e. The highest BCUT2D eigenvalue weighted by atomic mass is 16.3. The molecule has 0 heterocycles. The lowest BCUT2D eigenvalue weighted by atomic mass is 9.81. The number of hydrogen-bond acceptors (Lipinski definition) is 3. The van der Waals surface area contributed by atoms with Gasteiger partial charge >= 0.3 is 0 Å². The van der Waals surface area contributed by atoms with Gasteiger partial charge in [-0.1, -0.05) is 13.8 Å². The van der Waals surface area contributed by atoms with Crippen molar-refractivity contribution < 1.29 is 5.11 Å². The van der Waals surface area contributed by atoms with Crippen LogP contribution < -0.4 is 5.32 Å². The van der Waals surface area contributed by atoms with Gasteiger partial charge in [-0.05, 0) is 45.7 Å². The highest BCUT2D eigenvalue weighted by Crippen LogP contribution is 2.30. The van der Waals surface area contributed by atoms with E-state index in [0.29, 0.717) is 6.04 Å². The summed E-state index contributed by atoms with van der Waals surface area (Å²) in [6, 6.07) is 0.666. The number of rotatable bonds is 5. The van der Waals surface area contributed by atoms with Crippen LogP contribution in [0.25, 0.3) is 0 Å². The van der Waals surface area contributed by atoms with Crippen molar-refractivity contribution in [3.8, 4) is 0 Å². The largest absolute Gasteiger partial charge is 0.389 e. The van der Waals surface area contributed by atoms with Crippen LogP contribution in [0.3, 0.4) is 0 Å². The molecule has 3 nitrogen and oxygen atoms in total. The van der Waals surface area contributed by atoms with E-state index in [1.165, 1.54) is 0 Å². The van der Waals surface area contributed by atoms with Gasteiger partial charge in [-0.2, -0.15) is 0 Å². The zero-order valence-corrected chi connectivity index (χ0v) is 11.3. The van der Waals surface area contributed by atoms with Gasteiger partial charge in [0.05, 0.1) is 5.60 Å². The monoisotopic (exact) mass is 228 g/mol. The Morgan fingerprint density at radius 3 is 2.38 bits per heavy atom. The van der Waals surface area contributed by atoms with Gasteiger partial charge in [0.25, 0.3) is 0 Å². The first-order chi connectivity index (χ1) is 7.47. The van der Waals surface area contributed by atoms with Crippen LogP contribution in [0.5, 0.6) is 0 Å². The Bertz CT molecular complexity index is 198. The average Bonchev–Trinajstić information content (AvgIpc) is 2.17. The van der Waals surface area contributed by atoms with Crippen LogP contribution in [-0.2, 0) is 0 Å². The molecule has 0 aliphatic heterocycles. The molecule has 1 saturated carbocycles. The molecule has 0 amide bonds. The minimum Gasteiger partial charge on any atom is -0.389 e. The first-order valence-corrected chi connectivity index (χ1v) is 6.54. The lowest BCUT2D eigenvalue weighted by molar-refractivity contribution is -0.0156. The highest BCUT2D eigenvalue weighted by molar-refractivity contribution is 4.89. The van der Waals surface area contributed by atoms with E-state index < -0.39 is 5.60 Å². The number of likely N-dealkylation sites (N-methyl/N-ethyl adjacent to an activating group) is 1. The van der Waals surface area contributed by atoms with Gasteiger partial charge in [0.15, 0.2) is 0 Å². The van der Waals surface area contributed by atoms with E-state index in [-0.39, 0.29) is 0 Å². The van der Waals surface area contributed by atoms with Crippen molar-refractivity contribution in [2.75, 3.05) is 27.2 Å². The molecule has 0 aromatic heterocycles. The zero-order valence-electron chi connectivity index (χ0n) is 11.3. The van der Waals surface area contributed by atoms with Gasteiger partial charge in [0.1, 0.15) is 0 Å². The van der Waals surface area contributed by atoms with Crippen LogP contribution in [0.15, 0.2) is 0 Å². The molecule has 0 radical (unpaired) electrons. The van der Waals surface area contributed by atoms with Crippen LogP contribution in [0.4, 0.5) is 0 Å².